The highest BCUT2D eigenvalue weighted by Crippen LogP contribution is 1.96. The first-order valence-electron chi connectivity index (χ1n) is 3.77. The van der Waals surface area contributed by atoms with Gasteiger partial charge in [-0.2, -0.15) is 0 Å². The van der Waals surface area contributed by atoms with Gasteiger partial charge in [0.25, 0.3) is 0 Å². The molecule has 0 aliphatic heterocycles. The third-order valence-electron chi connectivity index (χ3n) is 1.12. The summed E-state index contributed by atoms with van der Waals surface area (Å²) in [5, 5.41) is 0. The molecule has 0 rings (SSSR count). The first kappa shape index (κ1) is 10.7. The molecule has 0 atom stereocenters. The summed E-state index contributed by atoms with van der Waals surface area (Å²) in [5.74, 6) is -0.337. The number of carbonyl (C=O) groups is 1. The van der Waals surface area contributed by atoms with Crippen molar-refractivity contribution >= 4 is 5.97 Å². The topological polar surface area (TPSA) is 26.3 Å². The van der Waals surface area contributed by atoms with Gasteiger partial charge in [-0.15, -0.1) is 5.73 Å². The molecule has 2 nitrogen and oxygen atoms in total. The molecule has 0 spiro atoms. The summed E-state index contributed by atoms with van der Waals surface area (Å²) in [6.07, 6.45) is 1.68. The van der Waals surface area contributed by atoms with Gasteiger partial charge in [0.15, 0.2) is 0 Å². The molecular formula is C10H14O2. The number of hydrogen-bond donors (Lipinski definition) is 0. The van der Waals surface area contributed by atoms with E-state index in [-0.39, 0.29) is 12.6 Å². The zero-order valence-corrected chi connectivity index (χ0v) is 7.81. The lowest BCUT2D eigenvalue weighted by Gasteiger charge is -2.01. The van der Waals surface area contributed by atoms with Crippen LogP contribution in [0.3, 0.4) is 0 Å². The molecule has 0 aromatic rings. The molecule has 0 aromatic heterocycles. The van der Waals surface area contributed by atoms with Crippen LogP contribution < -0.4 is 0 Å². The number of carbonyl (C=O) groups excluding carboxylic acids is 1. The maximum Gasteiger partial charge on any atom is 0.341 e. The Morgan fingerprint density at radius 2 is 2.17 bits per heavy atom. The molecule has 0 amide bonds. The van der Waals surface area contributed by atoms with Crippen molar-refractivity contribution in [1.29, 1.82) is 0 Å². The number of hydrogen-bond acceptors (Lipinski definition) is 2. The molecule has 0 aliphatic rings. The lowest BCUT2D eigenvalue weighted by atomic mass is 10.3. The van der Waals surface area contributed by atoms with Crippen molar-refractivity contribution in [3.05, 3.63) is 29.5 Å². The minimum atomic E-state index is -0.337. The third-order valence-corrected chi connectivity index (χ3v) is 1.12. The van der Waals surface area contributed by atoms with Crippen molar-refractivity contribution in [2.24, 2.45) is 0 Å². The van der Waals surface area contributed by atoms with E-state index in [0.29, 0.717) is 5.57 Å². The lowest BCUT2D eigenvalue weighted by molar-refractivity contribution is -0.137. The fourth-order valence-electron chi connectivity index (χ4n) is 0.572. The summed E-state index contributed by atoms with van der Waals surface area (Å²) in [7, 11) is 0. The smallest absolute Gasteiger partial charge is 0.341 e. The zero-order chi connectivity index (χ0) is 9.56. The molecule has 0 saturated carbocycles. The molecule has 0 heterocycles. The van der Waals surface area contributed by atoms with Crippen LogP contribution in [0, 0.1) is 0 Å². The minimum Gasteiger partial charge on any atom is -0.457 e. The predicted molar refractivity (Wildman–Crippen MR) is 48.7 cm³/mol. The Kier molecular flexibility index (Phi) is 4.82. The standard InChI is InChI=1S/C10H14O2/c1-5-6-9(4)10(11)12-7-8(2)3/h5H,2,7H2,1,3-4H3. The second kappa shape index (κ2) is 5.39. The highest BCUT2D eigenvalue weighted by atomic mass is 16.5. The van der Waals surface area contributed by atoms with Gasteiger partial charge in [0.05, 0.1) is 5.57 Å². The van der Waals surface area contributed by atoms with Crippen LogP contribution in [0.25, 0.3) is 0 Å². The highest BCUT2D eigenvalue weighted by molar-refractivity contribution is 5.87. The van der Waals surface area contributed by atoms with Crippen LogP contribution in [0.2, 0.25) is 0 Å². The van der Waals surface area contributed by atoms with E-state index >= 15 is 0 Å². The minimum absolute atomic E-state index is 0.279. The highest BCUT2D eigenvalue weighted by Gasteiger charge is 2.03. The van der Waals surface area contributed by atoms with E-state index in [9.17, 15) is 4.79 Å². The van der Waals surface area contributed by atoms with Gasteiger partial charge in [0.2, 0.25) is 0 Å². The van der Waals surface area contributed by atoms with E-state index < -0.39 is 0 Å². The number of esters is 1. The molecule has 0 aliphatic carbocycles. The summed E-state index contributed by atoms with van der Waals surface area (Å²) < 4.78 is 4.86. The summed E-state index contributed by atoms with van der Waals surface area (Å²) >= 11 is 0. The van der Waals surface area contributed by atoms with Crippen LogP contribution in [0.5, 0.6) is 0 Å². The molecule has 0 radical (unpaired) electrons. The van der Waals surface area contributed by atoms with Gasteiger partial charge in [0.1, 0.15) is 6.61 Å². The lowest BCUT2D eigenvalue weighted by Crippen LogP contribution is -2.06. The quantitative estimate of drug-likeness (QED) is 0.278. The Hall–Kier alpha value is -1.27. The van der Waals surface area contributed by atoms with Crippen LogP contribution in [-0.4, -0.2) is 12.6 Å². The second-order valence-electron chi connectivity index (χ2n) is 2.59. The first-order valence-corrected chi connectivity index (χ1v) is 3.77. The van der Waals surface area contributed by atoms with Gasteiger partial charge >= 0.3 is 5.97 Å². The molecule has 2 heteroatoms. The molecule has 12 heavy (non-hydrogen) atoms. The van der Waals surface area contributed by atoms with Gasteiger partial charge in [0, 0.05) is 0 Å². The Balaban J connectivity index is 4.06. The summed E-state index contributed by atoms with van der Waals surface area (Å²) in [5.41, 5.74) is 4.07. The Morgan fingerprint density at radius 1 is 1.58 bits per heavy atom. The monoisotopic (exact) mass is 166 g/mol. The van der Waals surface area contributed by atoms with Crippen molar-refractivity contribution in [2.75, 3.05) is 6.61 Å². The third kappa shape index (κ3) is 4.53. The summed E-state index contributed by atoms with van der Waals surface area (Å²) in [4.78, 5) is 11.1. The molecule has 0 N–H and O–H groups in total. The van der Waals surface area contributed by atoms with E-state index in [4.69, 9.17) is 4.74 Å². The zero-order valence-electron chi connectivity index (χ0n) is 7.81. The summed E-state index contributed by atoms with van der Waals surface area (Å²) in [6, 6.07) is 0. The normalized spacial score (nSPS) is 8.25. The molecule has 0 unspecified atom stereocenters. The van der Waals surface area contributed by atoms with Gasteiger partial charge in [-0.25, -0.2) is 4.79 Å². The van der Waals surface area contributed by atoms with Crippen molar-refractivity contribution in [3.63, 3.8) is 0 Å². The molecule has 66 valence electrons. The number of rotatable bonds is 3. The average molecular weight is 166 g/mol. The van der Waals surface area contributed by atoms with E-state index in [1.807, 2.05) is 6.92 Å². The van der Waals surface area contributed by atoms with Gasteiger partial charge < -0.3 is 4.74 Å². The fraction of sp³-hybridized carbons (Fsp3) is 0.400. The van der Waals surface area contributed by atoms with E-state index in [2.05, 4.69) is 12.3 Å². The van der Waals surface area contributed by atoms with Crippen molar-refractivity contribution < 1.29 is 9.53 Å². The Bertz CT molecular complexity index is 243. The van der Waals surface area contributed by atoms with Gasteiger partial charge in [-0.05, 0) is 32.4 Å². The van der Waals surface area contributed by atoms with E-state index in [1.165, 1.54) is 0 Å². The molecule has 0 bridgehead atoms. The van der Waals surface area contributed by atoms with E-state index in [1.54, 1.807) is 19.9 Å². The summed E-state index contributed by atoms with van der Waals surface area (Å²) in [6.45, 7) is 9.17. The fourth-order valence-corrected chi connectivity index (χ4v) is 0.572. The van der Waals surface area contributed by atoms with Crippen molar-refractivity contribution in [1.82, 2.24) is 0 Å². The van der Waals surface area contributed by atoms with Gasteiger partial charge in [-0.1, -0.05) is 6.58 Å². The van der Waals surface area contributed by atoms with Crippen LogP contribution >= 0.6 is 0 Å². The first-order chi connectivity index (χ1) is 5.57. The molecule has 0 fully saturated rings. The van der Waals surface area contributed by atoms with Crippen LogP contribution in [0.4, 0.5) is 0 Å². The maximum absolute atomic E-state index is 11.1. The number of ether oxygens (including phenoxy) is 1. The van der Waals surface area contributed by atoms with E-state index in [0.717, 1.165) is 5.57 Å². The van der Waals surface area contributed by atoms with Crippen molar-refractivity contribution in [2.45, 2.75) is 20.8 Å². The van der Waals surface area contributed by atoms with Crippen LogP contribution in [0.1, 0.15) is 20.8 Å². The second-order valence-corrected chi connectivity index (χ2v) is 2.59. The average Bonchev–Trinajstić information content (AvgIpc) is 2.00. The molecule has 0 saturated heterocycles. The SMILES string of the molecule is C=C(C)COC(=O)C(C)=C=CC. The maximum atomic E-state index is 11.1. The van der Waals surface area contributed by atoms with Crippen LogP contribution in [-0.2, 0) is 9.53 Å². The Labute approximate surface area is 73.2 Å². The Morgan fingerprint density at radius 3 is 2.58 bits per heavy atom. The molecule has 0 aromatic carbocycles. The predicted octanol–water partition coefficient (Wildman–Crippen LogP) is 2.23. The van der Waals surface area contributed by atoms with Crippen LogP contribution in [0.15, 0.2) is 29.5 Å². The van der Waals surface area contributed by atoms with Gasteiger partial charge in [-0.3, -0.25) is 0 Å². The molecular weight excluding hydrogens is 152 g/mol. The van der Waals surface area contributed by atoms with Crippen molar-refractivity contribution in [3.8, 4) is 0 Å². The largest absolute Gasteiger partial charge is 0.457 e.